The summed E-state index contributed by atoms with van der Waals surface area (Å²) in [6, 6.07) is 29.3. The van der Waals surface area contributed by atoms with E-state index in [4.69, 9.17) is 15.1 Å². The first kappa shape index (κ1) is 23.4. The molecule has 6 rings (SSSR count). The maximum atomic E-state index is 12.6. The normalized spacial score (nSPS) is 10.7. The number of nitrogen functional groups attached to an aromatic ring is 1. The topological polar surface area (TPSA) is 160 Å². The number of carbonyl (C=O) groups excluding carboxylic acids is 1. The van der Waals surface area contributed by atoms with Crippen molar-refractivity contribution in [2.75, 3.05) is 16.4 Å². The van der Waals surface area contributed by atoms with Crippen LogP contribution in [-0.2, 0) is 0 Å². The standard InChI is InChI=1S/C28H19N9O2/c29-16-20-22(17-10-4-1-5-11-17)32-25-21(24(36-37(25)23(20)30)31-19-14-8-3-9-15-19)27-34-35-28(39-27)33-26(38)18-12-6-2-7-13-18/h1-15H,30H2,(H,31,36)(H,33,35,38). The Kier molecular flexibility index (Phi) is 5.87. The van der Waals surface area contributed by atoms with Gasteiger partial charge < -0.3 is 15.5 Å². The number of hydrogen-bond donors (Lipinski definition) is 3. The minimum Gasteiger partial charge on any atom is -0.403 e. The maximum absolute atomic E-state index is 12.6. The summed E-state index contributed by atoms with van der Waals surface area (Å²) < 4.78 is 7.21. The minimum absolute atomic E-state index is 0.0439. The fraction of sp³-hybridized carbons (Fsp3) is 0. The van der Waals surface area contributed by atoms with Gasteiger partial charge in [0.2, 0.25) is 0 Å². The van der Waals surface area contributed by atoms with E-state index >= 15 is 0 Å². The van der Waals surface area contributed by atoms with Crippen LogP contribution in [0, 0.1) is 11.3 Å². The summed E-state index contributed by atoms with van der Waals surface area (Å²) in [6.07, 6.45) is 0. The molecule has 0 aliphatic heterocycles. The molecule has 0 unspecified atom stereocenters. The largest absolute Gasteiger partial charge is 0.403 e. The van der Waals surface area contributed by atoms with Crippen LogP contribution in [0.4, 0.5) is 23.3 Å². The van der Waals surface area contributed by atoms with Crippen molar-refractivity contribution in [1.82, 2.24) is 24.8 Å². The number of nitriles is 1. The van der Waals surface area contributed by atoms with Gasteiger partial charge in [-0.3, -0.25) is 10.1 Å². The van der Waals surface area contributed by atoms with Crippen LogP contribution in [0.3, 0.4) is 0 Å². The van der Waals surface area contributed by atoms with Crippen LogP contribution in [0.15, 0.2) is 95.4 Å². The van der Waals surface area contributed by atoms with Crippen LogP contribution < -0.4 is 16.4 Å². The molecule has 3 aromatic heterocycles. The van der Waals surface area contributed by atoms with E-state index in [2.05, 4.69) is 32.0 Å². The van der Waals surface area contributed by atoms with Gasteiger partial charge in [-0.1, -0.05) is 71.8 Å². The first-order valence-corrected chi connectivity index (χ1v) is 11.8. The first-order chi connectivity index (χ1) is 19.1. The second kappa shape index (κ2) is 9.79. The molecule has 0 atom stereocenters. The van der Waals surface area contributed by atoms with Crippen LogP contribution in [0.2, 0.25) is 0 Å². The molecule has 0 radical (unpaired) electrons. The number of carbonyl (C=O) groups is 1. The number of nitrogens with one attached hydrogen (secondary N) is 2. The van der Waals surface area contributed by atoms with Crippen LogP contribution in [0.25, 0.3) is 28.4 Å². The molecule has 4 N–H and O–H groups in total. The fourth-order valence-corrected chi connectivity index (χ4v) is 4.06. The smallest absolute Gasteiger partial charge is 0.322 e. The predicted octanol–water partition coefficient (Wildman–Crippen LogP) is 4.90. The highest BCUT2D eigenvalue weighted by Crippen LogP contribution is 2.36. The quantitative estimate of drug-likeness (QED) is 0.281. The number of nitrogens with zero attached hydrogens (tertiary/aromatic N) is 6. The molecule has 188 valence electrons. The maximum Gasteiger partial charge on any atom is 0.322 e. The molecule has 1 amide bonds. The third-order valence-electron chi connectivity index (χ3n) is 5.89. The van der Waals surface area contributed by atoms with E-state index < -0.39 is 5.91 Å². The molecular weight excluding hydrogens is 494 g/mol. The summed E-state index contributed by atoms with van der Waals surface area (Å²) in [5, 5.41) is 28.5. The molecule has 0 bridgehead atoms. The number of nitrogens with two attached hydrogens (primary N) is 1. The van der Waals surface area contributed by atoms with Crippen molar-refractivity contribution in [2.24, 2.45) is 0 Å². The molecule has 0 saturated carbocycles. The summed E-state index contributed by atoms with van der Waals surface area (Å²) in [6.45, 7) is 0. The van der Waals surface area contributed by atoms with Gasteiger partial charge in [0.1, 0.15) is 23.0 Å². The highest BCUT2D eigenvalue weighted by molar-refractivity contribution is 6.03. The lowest BCUT2D eigenvalue weighted by molar-refractivity contribution is 0.102. The Labute approximate surface area is 221 Å². The van der Waals surface area contributed by atoms with Crippen molar-refractivity contribution in [2.45, 2.75) is 0 Å². The van der Waals surface area contributed by atoms with Crippen LogP contribution in [0.1, 0.15) is 15.9 Å². The molecule has 11 heteroatoms. The van der Waals surface area contributed by atoms with Gasteiger partial charge in [0.25, 0.3) is 11.8 Å². The first-order valence-electron chi connectivity index (χ1n) is 11.8. The van der Waals surface area contributed by atoms with E-state index in [1.165, 1.54) is 4.52 Å². The third-order valence-corrected chi connectivity index (χ3v) is 5.89. The van der Waals surface area contributed by atoms with E-state index in [0.717, 1.165) is 5.69 Å². The molecule has 0 saturated heterocycles. The van der Waals surface area contributed by atoms with Crippen LogP contribution >= 0.6 is 0 Å². The molecule has 3 aromatic carbocycles. The Morgan fingerprint density at radius 1 is 0.923 bits per heavy atom. The van der Waals surface area contributed by atoms with Gasteiger partial charge in [-0.15, -0.1) is 10.2 Å². The Balaban J connectivity index is 1.51. The molecular formula is C28H19N9O2. The monoisotopic (exact) mass is 513 g/mol. The van der Waals surface area contributed by atoms with Crippen molar-refractivity contribution in [1.29, 1.82) is 5.26 Å². The average Bonchev–Trinajstić information content (AvgIpc) is 3.58. The van der Waals surface area contributed by atoms with E-state index in [1.807, 2.05) is 66.7 Å². The zero-order chi connectivity index (χ0) is 26.8. The number of amides is 1. The van der Waals surface area contributed by atoms with Gasteiger partial charge in [0.15, 0.2) is 11.5 Å². The summed E-state index contributed by atoms with van der Waals surface area (Å²) in [7, 11) is 0. The number of rotatable bonds is 6. The number of fused-ring (bicyclic) bond motifs is 1. The van der Waals surface area contributed by atoms with Crippen LogP contribution in [0.5, 0.6) is 0 Å². The highest BCUT2D eigenvalue weighted by atomic mass is 16.4. The molecule has 39 heavy (non-hydrogen) atoms. The van der Waals surface area contributed by atoms with Crippen molar-refractivity contribution in [3.8, 4) is 28.8 Å². The van der Waals surface area contributed by atoms with E-state index in [1.54, 1.807) is 24.3 Å². The van der Waals surface area contributed by atoms with Gasteiger partial charge in [-0.25, -0.2) is 4.98 Å². The molecule has 0 spiro atoms. The molecule has 6 aromatic rings. The second-order valence-corrected chi connectivity index (χ2v) is 8.38. The van der Waals surface area contributed by atoms with Crippen molar-refractivity contribution < 1.29 is 9.21 Å². The van der Waals surface area contributed by atoms with E-state index in [9.17, 15) is 10.1 Å². The molecule has 0 aliphatic carbocycles. The lowest BCUT2D eigenvalue weighted by Crippen LogP contribution is -2.11. The number of benzene rings is 3. The molecule has 11 nitrogen and oxygen atoms in total. The van der Waals surface area contributed by atoms with Gasteiger partial charge in [0.05, 0.1) is 5.69 Å². The van der Waals surface area contributed by atoms with E-state index in [-0.39, 0.29) is 28.9 Å². The summed E-state index contributed by atoms with van der Waals surface area (Å²) in [5.41, 5.74) is 9.51. The minimum atomic E-state index is -0.402. The average molecular weight is 514 g/mol. The second-order valence-electron chi connectivity index (χ2n) is 8.38. The van der Waals surface area contributed by atoms with Crippen molar-refractivity contribution in [3.63, 3.8) is 0 Å². The number of hydrogen-bond acceptors (Lipinski definition) is 9. The summed E-state index contributed by atoms with van der Waals surface area (Å²) in [4.78, 5) is 17.4. The fourth-order valence-electron chi connectivity index (χ4n) is 4.06. The highest BCUT2D eigenvalue weighted by Gasteiger charge is 2.26. The molecule has 3 heterocycles. The number of para-hydroxylation sites is 1. The number of aromatic nitrogens is 5. The molecule has 0 fully saturated rings. The molecule has 0 aliphatic rings. The van der Waals surface area contributed by atoms with Gasteiger partial charge in [-0.05, 0) is 24.3 Å². The lowest BCUT2D eigenvalue weighted by atomic mass is 10.1. The van der Waals surface area contributed by atoms with Crippen LogP contribution in [-0.4, -0.2) is 30.7 Å². The Bertz CT molecular complexity index is 1840. The van der Waals surface area contributed by atoms with E-state index in [0.29, 0.717) is 28.2 Å². The Morgan fingerprint density at radius 2 is 1.59 bits per heavy atom. The van der Waals surface area contributed by atoms with Gasteiger partial charge in [0, 0.05) is 16.8 Å². The number of anilines is 4. The van der Waals surface area contributed by atoms with Gasteiger partial charge in [-0.2, -0.15) is 9.78 Å². The summed E-state index contributed by atoms with van der Waals surface area (Å²) >= 11 is 0. The van der Waals surface area contributed by atoms with Gasteiger partial charge >= 0.3 is 6.01 Å². The zero-order valence-electron chi connectivity index (χ0n) is 20.2. The Hall–Kier alpha value is -6.02. The zero-order valence-corrected chi connectivity index (χ0v) is 20.2. The predicted molar refractivity (Wildman–Crippen MR) is 145 cm³/mol. The Morgan fingerprint density at radius 3 is 2.28 bits per heavy atom. The SMILES string of the molecule is N#Cc1c(-c2ccccc2)nc2c(-c3nnc(NC(=O)c4ccccc4)o3)c(Nc3ccccc3)nn2c1N. The third kappa shape index (κ3) is 4.38. The van der Waals surface area contributed by atoms with Crippen molar-refractivity contribution >= 4 is 34.9 Å². The lowest BCUT2D eigenvalue weighted by Gasteiger charge is -2.08. The summed E-state index contributed by atoms with van der Waals surface area (Å²) in [5.74, 6) is 0.0584. The van der Waals surface area contributed by atoms with Crippen molar-refractivity contribution in [3.05, 3.63) is 102 Å².